The van der Waals surface area contributed by atoms with Gasteiger partial charge in [-0.2, -0.15) is 0 Å². The van der Waals surface area contributed by atoms with E-state index >= 15 is 0 Å². The van der Waals surface area contributed by atoms with Crippen molar-refractivity contribution >= 4 is 39.5 Å². The van der Waals surface area contributed by atoms with Crippen molar-refractivity contribution in [3.8, 4) is 0 Å². The standard InChI is InChI=1S/C83H162O17P2/c1-8-10-11-12-13-14-15-16-18-26-31-36-45-52-59-66-83(88)100-79(71-94-81(86)65-58-51-44-39-38-42-49-56-63-76(7)9-2)73-98-102(91,92)96-69-77(84)68-95-101(89,90)97-72-78(70-93-80(85)64-57-50-43-35-30-25-22-21-24-29-34-41-48-55-62-75(5)6)99-82(87)67-60-53-46-37-32-27-20-17-19-23-28-33-40-47-54-61-74(3)4/h74-79,84H,8-73H2,1-7H3,(H,89,90)(H,91,92)/t76?,77-,78-,79-/m1/s1. The first-order valence-corrected chi connectivity index (χ1v) is 45.9. The third-order valence-corrected chi connectivity index (χ3v) is 21.6. The summed E-state index contributed by atoms with van der Waals surface area (Å²) in [6.07, 6.45) is 62.3. The van der Waals surface area contributed by atoms with E-state index in [0.717, 1.165) is 108 Å². The molecule has 0 rings (SSSR count). The highest BCUT2D eigenvalue weighted by Gasteiger charge is 2.30. The van der Waals surface area contributed by atoms with Gasteiger partial charge in [-0.15, -0.1) is 0 Å². The predicted octanol–water partition coefficient (Wildman–Crippen LogP) is 24.9. The number of hydrogen-bond donors (Lipinski definition) is 3. The highest BCUT2D eigenvalue weighted by Crippen LogP contribution is 2.45. The van der Waals surface area contributed by atoms with Gasteiger partial charge in [-0.3, -0.25) is 37.3 Å². The lowest BCUT2D eigenvalue weighted by atomic mass is 9.99. The van der Waals surface area contributed by atoms with Gasteiger partial charge in [-0.05, 0) is 43.4 Å². The molecule has 0 heterocycles. The maximum Gasteiger partial charge on any atom is 0.472 e. The molecule has 0 radical (unpaired) electrons. The fourth-order valence-electron chi connectivity index (χ4n) is 12.8. The summed E-state index contributed by atoms with van der Waals surface area (Å²) in [5.41, 5.74) is 0. The molecule has 0 aromatic carbocycles. The average Bonchev–Trinajstić information content (AvgIpc) is 0.932. The summed E-state index contributed by atoms with van der Waals surface area (Å²) < 4.78 is 68.8. The molecule has 102 heavy (non-hydrogen) atoms. The molecule has 0 spiro atoms. The molecule has 0 saturated heterocycles. The molecule has 3 N–H and O–H groups in total. The Kier molecular flexibility index (Phi) is 71.8. The highest BCUT2D eigenvalue weighted by molar-refractivity contribution is 7.47. The average molecular weight is 1490 g/mol. The van der Waals surface area contributed by atoms with Gasteiger partial charge >= 0.3 is 39.5 Å². The van der Waals surface area contributed by atoms with Crippen LogP contribution in [0.5, 0.6) is 0 Å². The molecule has 0 saturated carbocycles. The van der Waals surface area contributed by atoms with Gasteiger partial charge in [0, 0.05) is 25.7 Å². The molecule has 0 aliphatic heterocycles. The number of unbranched alkanes of at least 4 members (excludes halogenated alkanes) is 48. The summed E-state index contributed by atoms with van der Waals surface area (Å²) in [6.45, 7) is 12.0. The van der Waals surface area contributed by atoms with Crippen LogP contribution in [0, 0.1) is 17.8 Å². The topological polar surface area (TPSA) is 237 Å². The summed E-state index contributed by atoms with van der Waals surface area (Å²) in [5, 5.41) is 10.7. The van der Waals surface area contributed by atoms with E-state index in [-0.39, 0.29) is 25.7 Å². The summed E-state index contributed by atoms with van der Waals surface area (Å²) in [7, 11) is -9.93. The molecule has 6 atom stereocenters. The molecule has 0 bridgehead atoms. The zero-order valence-corrected chi connectivity index (χ0v) is 68.9. The minimum Gasteiger partial charge on any atom is -0.462 e. The zero-order chi connectivity index (χ0) is 75.1. The van der Waals surface area contributed by atoms with Gasteiger partial charge in [0.15, 0.2) is 12.2 Å². The van der Waals surface area contributed by atoms with E-state index in [4.69, 9.17) is 37.0 Å². The second-order valence-corrected chi connectivity index (χ2v) is 34.0. The van der Waals surface area contributed by atoms with Gasteiger partial charge < -0.3 is 33.8 Å². The van der Waals surface area contributed by atoms with Gasteiger partial charge in [-0.1, -0.05) is 382 Å². The van der Waals surface area contributed by atoms with Crippen LogP contribution in [0.25, 0.3) is 0 Å². The summed E-state index contributed by atoms with van der Waals surface area (Å²) >= 11 is 0. The van der Waals surface area contributed by atoms with Crippen molar-refractivity contribution in [1.82, 2.24) is 0 Å². The molecular formula is C83H162O17P2. The minimum atomic E-state index is -4.96. The summed E-state index contributed by atoms with van der Waals surface area (Å²) in [6, 6.07) is 0. The van der Waals surface area contributed by atoms with E-state index in [2.05, 4.69) is 48.5 Å². The fourth-order valence-corrected chi connectivity index (χ4v) is 14.4. The monoisotopic (exact) mass is 1490 g/mol. The van der Waals surface area contributed by atoms with Crippen LogP contribution in [0.2, 0.25) is 0 Å². The molecule has 0 aromatic heterocycles. The molecule has 0 amide bonds. The molecule has 0 aliphatic carbocycles. The smallest absolute Gasteiger partial charge is 0.462 e. The van der Waals surface area contributed by atoms with E-state index in [1.807, 2.05) is 0 Å². The molecule has 606 valence electrons. The molecule has 0 aliphatic rings. The van der Waals surface area contributed by atoms with Gasteiger partial charge in [-0.25, -0.2) is 9.13 Å². The Morgan fingerprint density at radius 2 is 0.500 bits per heavy atom. The molecule has 19 heteroatoms. The number of aliphatic hydroxyl groups is 1. The van der Waals surface area contributed by atoms with Crippen LogP contribution in [-0.2, 0) is 65.4 Å². The Labute approximate surface area is 626 Å². The molecule has 0 fully saturated rings. The third-order valence-electron chi connectivity index (χ3n) is 19.7. The Bertz CT molecular complexity index is 1980. The number of phosphoric ester groups is 2. The second-order valence-electron chi connectivity index (χ2n) is 31.1. The third kappa shape index (κ3) is 74.9. The van der Waals surface area contributed by atoms with E-state index in [1.165, 1.54) is 244 Å². The Hall–Kier alpha value is -1.94. The Morgan fingerprint density at radius 1 is 0.284 bits per heavy atom. The zero-order valence-electron chi connectivity index (χ0n) is 67.1. The van der Waals surface area contributed by atoms with E-state index in [1.54, 1.807) is 0 Å². The van der Waals surface area contributed by atoms with Crippen molar-refractivity contribution in [3.05, 3.63) is 0 Å². The number of hydrogen-bond acceptors (Lipinski definition) is 15. The molecule has 17 nitrogen and oxygen atoms in total. The van der Waals surface area contributed by atoms with Gasteiger partial charge in [0.2, 0.25) is 0 Å². The summed E-state index contributed by atoms with van der Waals surface area (Å²) in [4.78, 5) is 73.2. The number of carbonyl (C=O) groups excluding carboxylic acids is 4. The van der Waals surface area contributed by atoms with Crippen molar-refractivity contribution in [1.29, 1.82) is 0 Å². The second kappa shape index (κ2) is 73.2. The quantitative estimate of drug-likeness (QED) is 0.0222. The van der Waals surface area contributed by atoms with Crippen molar-refractivity contribution in [3.63, 3.8) is 0 Å². The van der Waals surface area contributed by atoms with Gasteiger partial charge in [0.25, 0.3) is 0 Å². The van der Waals surface area contributed by atoms with Crippen molar-refractivity contribution < 1.29 is 80.2 Å². The molecule has 0 aromatic rings. The number of ether oxygens (including phenoxy) is 4. The fraction of sp³-hybridized carbons (Fsp3) is 0.952. The Balaban J connectivity index is 5.27. The maximum absolute atomic E-state index is 13.1. The number of carbonyl (C=O) groups is 4. The summed E-state index contributed by atoms with van der Waals surface area (Å²) in [5.74, 6) is 0.273. The maximum atomic E-state index is 13.1. The van der Waals surface area contributed by atoms with Crippen LogP contribution in [0.1, 0.15) is 434 Å². The predicted molar refractivity (Wildman–Crippen MR) is 418 cm³/mol. The lowest BCUT2D eigenvalue weighted by Crippen LogP contribution is -2.30. The van der Waals surface area contributed by atoms with E-state index in [9.17, 15) is 43.2 Å². The van der Waals surface area contributed by atoms with Crippen LogP contribution in [0.15, 0.2) is 0 Å². The lowest BCUT2D eigenvalue weighted by Gasteiger charge is -2.21. The number of esters is 4. The number of aliphatic hydroxyl groups excluding tert-OH is 1. The van der Waals surface area contributed by atoms with Crippen LogP contribution < -0.4 is 0 Å². The normalized spacial score (nSPS) is 14.2. The molecular weight excluding hydrogens is 1330 g/mol. The van der Waals surface area contributed by atoms with Crippen LogP contribution in [0.3, 0.4) is 0 Å². The van der Waals surface area contributed by atoms with Crippen LogP contribution in [0.4, 0.5) is 0 Å². The van der Waals surface area contributed by atoms with Crippen LogP contribution >= 0.6 is 15.6 Å². The SMILES string of the molecule is CCCCCCCCCCCCCCCCCC(=O)O[C@H](COC(=O)CCCCCCCCCCC(C)CC)COP(=O)(O)OC[C@H](O)COP(=O)(O)OC[C@@H](COC(=O)CCCCCCCCCCCCCCCCC(C)C)OC(=O)CCCCCCCCCCCCCCCCCC(C)C. The van der Waals surface area contributed by atoms with Crippen molar-refractivity contribution in [2.24, 2.45) is 17.8 Å². The Morgan fingerprint density at radius 3 is 0.745 bits per heavy atom. The highest BCUT2D eigenvalue weighted by atomic mass is 31.2. The minimum absolute atomic E-state index is 0.108. The van der Waals surface area contributed by atoms with E-state index < -0.39 is 97.5 Å². The largest absolute Gasteiger partial charge is 0.472 e. The number of phosphoric acid groups is 2. The first kappa shape index (κ1) is 100. The first-order valence-electron chi connectivity index (χ1n) is 42.9. The van der Waals surface area contributed by atoms with Crippen molar-refractivity contribution in [2.75, 3.05) is 39.6 Å². The van der Waals surface area contributed by atoms with Crippen molar-refractivity contribution in [2.45, 2.75) is 452 Å². The number of rotatable bonds is 81. The molecule has 3 unspecified atom stereocenters. The van der Waals surface area contributed by atoms with Crippen LogP contribution in [-0.4, -0.2) is 96.7 Å². The van der Waals surface area contributed by atoms with Gasteiger partial charge in [0.1, 0.15) is 19.3 Å². The van der Waals surface area contributed by atoms with Gasteiger partial charge in [0.05, 0.1) is 26.4 Å². The van der Waals surface area contributed by atoms with E-state index in [0.29, 0.717) is 25.7 Å². The lowest BCUT2D eigenvalue weighted by molar-refractivity contribution is -0.161. The first-order chi connectivity index (χ1) is 49.3.